The first kappa shape index (κ1) is 66.0. The van der Waals surface area contributed by atoms with Crippen LogP contribution in [0.2, 0.25) is 0 Å². The second-order valence-electron chi connectivity index (χ2n) is 20.4. The maximum atomic E-state index is 8.07. The molecule has 0 amide bonds. The third-order valence-corrected chi connectivity index (χ3v) is 41.0. The maximum Gasteiger partial charge on any atom is 0.307 e. The molecular formula is C36H103N22P7. The lowest BCUT2D eigenvalue weighted by Crippen LogP contribution is -2.48. The zero-order chi connectivity index (χ0) is 52.4. The van der Waals surface area contributed by atoms with Crippen molar-refractivity contribution >= 4 is 57.2 Å². The van der Waals surface area contributed by atoms with Gasteiger partial charge in [0.05, 0.1) is 23.2 Å². The monoisotopic (exact) mass is 1060 g/mol. The Bertz CT molecular complexity index is 1810. The molecule has 0 aliphatic carbocycles. The van der Waals surface area contributed by atoms with Gasteiger partial charge >= 0.3 is 7.51 Å². The van der Waals surface area contributed by atoms with Crippen LogP contribution in [0.1, 0.15) is 34.6 Å². The van der Waals surface area contributed by atoms with Gasteiger partial charge in [0.25, 0.3) is 0 Å². The number of nitrogens with zero attached hydrogens (tertiary/aromatic N) is 20. The summed E-state index contributed by atoms with van der Waals surface area (Å²) < 4.78 is 68.2. The van der Waals surface area contributed by atoms with E-state index in [2.05, 4.69) is 297 Å². The van der Waals surface area contributed by atoms with Crippen LogP contribution in [0, 0.1) is 0 Å². The molecule has 65 heavy (non-hydrogen) atoms. The molecule has 0 rings (SSSR count). The van der Waals surface area contributed by atoms with Crippen LogP contribution in [0.4, 0.5) is 0 Å². The molecule has 0 bridgehead atoms. The zero-order valence-corrected chi connectivity index (χ0v) is 54.0. The smallest absolute Gasteiger partial charge is 0.307 e. The average Bonchev–Trinajstić information content (AvgIpc) is 3.07. The van der Waals surface area contributed by atoms with Crippen molar-refractivity contribution in [1.82, 2.24) is 65.4 Å². The number of hydrogen-bond acceptors (Lipinski definition) is 4. The van der Waals surface area contributed by atoms with Gasteiger partial charge in [-0.3, -0.25) is 52.4 Å². The minimum atomic E-state index is -3.92. The summed E-state index contributed by atoms with van der Waals surface area (Å²) in [6, 6.07) is 0. The van der Waals surface area contributed by atoms with E-state index in [1.165, 1.54) is 0 Å². The van der Waals surface area contributed by atoms with E-state index in [-0.39, 0.29) is 0 Å². The molecule has 0 saturated heterocycles. The largest absolute Gasteiger partial charge is 0.320 e. The zero-order valence-electron chi connectivity index (χ0n) is 47.7. The molecule has 29 heteroatoms. The first-order chi connectivity index (χ1) is 28.9. The summed E-state index contributed by atoms with van der Waals surface area (Å²) >= 11 is 0. The average molecular weight is 1060 g/mol. The quantitative estimate of drug-likeness (QED) is 0.106. The number of nitrogens with two attached hydrogens (primary N) is 2. The summed E-state index contributed by atoms with van der Waals surface area (Å²) in [5.41, 5.74) is 14.8. The van der Waals surface area contributed by atoms with E-state index in [9.17, 15) is 0 Å². The van der Waals surface area contributed by atoms with Crippen LogP contribution in [-0.2, 0) is 0 Å². The summed E-state index contributed by atoms with van der Waals surface area (Å²) in [7, 11) is 36.5. The standard InChI is InChI=1S/C36H103N22P7/c1-35(2,3)39-61(41-62(49(14)15,50(16)17)43-64(53(22)23,54(24)25)55(26)27,42-63(51(18)19,52(20)21)44-65(56(28)29,57(30)31)58(32)33)40-60(47(10)11,48(12)13)34(37)59(45(6)7,46(8)9)36(4,5)38/h37-38H2,1-33H3. The van der Waals surface area contributed by atoms with E-state index in [1.54, 1.807) is 0 Å². The molecule has 0 aromatic rings. The minimum absolute atomic E-state index is 0.681. The van der Waals surface area contributed by atoms with Crippen molar-refractivity contribution in [2.24, 2.45) is 38.8 Å². The van der Waals surface area contributed by atoms with Crippen LogP contribution >= 0.6 is 52.1 Å². The Morgan fingerprint density at radius 3 is 0.738 bits per heavy atom. The fourth-order valence-electron chi connectivity index (χ4n) is 8.60. The normalized spacial score (nSPS) is 15.1. The second kappa shape index (κ2) is 23.7. The van der Waals surface area contributed by atoms with Crippen molar-refractivity contribution in [3.05, 3.63) is 0 Å². The maximum absolute atomic E-state index is 8.07. The summed E-state index contributed by atoms with van der Waals surface area (Å²) in [5.74, 6) is 0. The predicted octanol–water partition coefficient (Wildman–Crippen LogP) is 8.00. The molecule has 0 heterocycles. The van der Waals surface area contributed by atoms with Crippen LogP contribution < -0.4 is 11.5 Å². The molecule has 0 unspecified atom stereocenters. The first-order valence-electron chi connectivity index (χ1n) is 21.5. The highest BCUT2D eigenvalue weighted by Gasteiger charge is 2.49. The summed E-state index contributed by atoms with van der Waals surface area (Å²) in [4.78, 5) is 0. The number of hydrogen-bond donors (Lipinski definition) is 2. The molecule has 4 N–H and O–H groups in total. The van der Waals surface area contributed by atoms with Gasteiger partial charge in [-0.15, -0.1) is 0 Å². The molecule has 0 spiro atoms. The molecule has 0 aromatic heterocycles. The Morgan fingerprint density at radius 2 is 0.585 bits per heavy atom. The van der Waals surface area contributed by atoms with Gasteiger partial charge in [-0.25, -0.2) is 23.4 Å². The third-order valence-electron chi connectivity index (χ3n) is 10.7. The van der Waals surface area contributed by atoms with Gasteiger partial charge in [0.15, 0.2) is 15.0 Å². The van der Waals surface area contributed by atoms with Crippen molar-refractivity contribution < 1.29 is 0 Å². The predicted molar refractivity (Wildman–Crippen MR) is 302 cm³/mol. The fraction of sp³-hybridized carbons (Fsp3) is 0.972. The van der Waals surface area contributed by atoms with Crippen LogP contribution in [0.5, 0.6) is 0 Å². The van der Waals surface area contributed by atoms with Crippen molar-refractivity contribution in [2.45, 2.75) is 45.4 Å². The van der Waals surface area contributed by atoms with Crippen molar-refractivity contribution in [3.8, 4) is 0 Å². The molecule has 22 nitrogen and oxygen atoms in total. The highest BCUT2D eigenvalue weighted by molar-refractivity contribution is 7.98. The molecule has 0 fully saturated rings. The van der Waals surface area contributed by atoms with Crippen LogP contribution in [0.15, 0.2) is 27.3 Å². The highest BCUT2D eigenvalue weighted by Crippen LogP contribution is 2.82. The van der Waals surface area contributed by atoms with Crippen LogP contribution in [0.25, 0.3) is 0 Å². The van der Waals surface area contributed by atoms with Crippen molar-refractivity contribution in [1.29, 1.82) is 0 Å². The van der Waals surface area contributed by atoms with Gasteiger partial charge in [0.1, 0.15) is 7.36 Å². The molecule has 0 aliphatic heterocycles. The highest BCUT2D eigenvalue weighted by atomic mass is 31.3. The second-order valence-corrected chi connectivity index (χ2v) is 45.6. The fourth-order valence-corrected chi connectivity index (χ4v) is 45.5. The molecule has 392 valence electrons. The van der Waals surface area contributed by atoms with E-state index >= 15 is 0 Å². The van der Waals surface area contributed by atoms with Gasteiger partial charge in [-0.2, -0.15) is 22.6 Å². The summed E-state index contributed by atoms with van der Waals surface area (Å²) in [6.07, 6.45) is 0. The lowest BCUT2D eigenvalue weighted by molar-refractivity contribution is 0.472. The Labute approximate surface area is 402 Å². The first-order valence-corrected chi connectivity index (χ1v) is 32.8. The Morgan fingerprint density at radius 1 is 0.338 bits per heavy atom. The van der Waals surface area contributed by atoms with Crippen LogP contribution in [0.3, 0.4) is 0 Å². The molecule has 0 atom stereocenters. The van der Waals surface area contributed by atoms with E-state index in [4.69, 9.17) is 38.8 Å². The van der Waals surface area contributed by atoms with Gasteiger partial charge in [0, 0.05) is 0 Å². The molecule has 0 saturated carbocycles. The van der Waals surface area contributed by atoms with Crippen LogP contribution in [-0.4, -0.2) is 279 Å². The molecular weight excluding hydrogens is 957 g/mol. The van der Waals surface area contributed by atoms with E-state index in [0.717, 1.165) is 0 Å². The van der Waals surface area contributed by atoms with Gasteiger partial charge in [-0.05, 0) is 232 Å². The number of rotatable bonds is 21. The van der Waals surface area contributed by atoms with E-state index in [0.29, 0.717) is 5.16 Å². The Hall–Kier alpha value is 1.04. The summed E-state index contributed by atoms with van der Waals surface area (Å²) in [6.45, 7) is 10.5. The Balaban J connectivity index is 12.1. The SMILES string of the molecule is CN(C)P(=NP(=NC(C)(C)C)(N=P(N=P(N(C)C)(N(C)C)N(C)C)(N(C)C)N(C)C)N=P(C(N)=P(N(C)C)(N(C)C)C(C)(C)N)(N(C)C)N(C)C)(N=P(N(C)C)(N(C)C)N(C)C)N(C)C. The molecule has 0 radical (unpaired) electrons. The van der Waals surface area contributed by atoms with Gasteiger partial charge < -0.3 is 5.73 Å². The topological polar surface area (TPSA) is 172 Å². The van der Waals surface area contributed by atoms with Gasteiger partial charge in [0.2, 0.25) is 15.0 Å². The summed E-state index contributed by atoms with van der Waals surface area (Å²) in [5, 5.41) is -0.118. The third kappa shape index (κ3) is 12.8. The Kier molecular flexibility index (Phi) is 24.1. The van der Waals surface area contributed by atoms with Crippen molar-refractivity contribution in [3.63, 3.8) is 0 Å². The van der Waals surface area contributed by atoms with E-state index < -0.39 is 62.9 Å². The minimum Gasteiger partial charge on any atom is -0.320 e. The lowest BCUT2D eigenvalue weighted by Gasteiger charge is -2.52. The molecule has 0 aromatic carbocycles. The van der Waals surface area contributed by atoms with Gasteiger partial charge in [-0.1, -0.05) is 0 Å². The van der Waals surface area contributed by atoms with Crippen molar-refractivity contribution in [2.75, 3.05) is 197 Å². The molecule has 0 aliphatic rings. The lowest BCUT2D eigenvalue weighted by atomic mass is 10.1. The van der Waals surface area contributed by atoms with E-state index in [1.807, 2.05) is 0 Å².